The lowest BCUT2D eigenvalue weighted by atomic mass is 9.95. The molecule has 0 aliphatic heterocycles. The van der Waals surface area contributed by atoms with Gasteiger partial charge in [0.1, 0.15) is 11.2 Å². The number of nitrogens with zero attached hydrogens (tertiary/aromatic N) is 1. The molecule has 1 aromatic rings. The van der Waals surface area contributed by atoms with E-state index in [1.807, 2.05) is 30.3 Å². The van der Waals surface area contributed by atoms with Gasteiger partial charge in [0.05, 0.1) is 13.2 Å². The molecule has 0 radical (unpaired) electrons. The molecular weight excluding hydrogens is 216 g/mol. The number of carbonyl (C=O) groups excluding carboxylic acids is 1. The highest BCUT2D eigenvalue weighted by molar-refractivity contribution is 5.84. The summed E-state index contributed by atoms with van der Waals surface area (Å²) in [6.07, 6.45) is 0. The number of hydrogen-bond acceptors (Lipinski definition) is 3. The zero-order chi connectivity index (χ0) is 12.9. The van der Waals surface area contributed by atoms with Crippen LogP contribution in [0.1, 0.15) is 19.4 Å². The number of benzene rings is 1. The van der Waals surface area contributed by atoms with Gasteiger partial charge in [0.15, 0.2) is 0 Å². The standard InChI is InChI=1S/C13H16N2O2/c1-13(2,9-14)12(16)15-8-10-4-6-11(17-3)7-5-10/h4-7H,8H2,1-3H3,(H,15,16). The first-order valence-corrected chi connectivity index (χ1v) is 5.32. The van der Waals surface area contributed by atoms with Crippen molar-refractivity contribution >= 4 is 5.91 Å². The number of rotatable bonds is 4. The predicted molar refractivity (Wildman–Crippen MR) is 64.2 cm³/mol. The molecule has 0 saturated carbocycles. The van der Waals surface area contributed by atoms with Gasteiger partial charge in [0.2, 0.25) is 5.91 Å². The summed E-state index contributed by atoms with van der Waals surface area (Å²) in [7, 11) is 1.60. The number of carbonyl (C=O) groups is 1. The molecule has 0 aromatic heterocycles. The highest BCUT2D eigenvalue weighted by Crippen LogP contribution is 2.14. The van der Waals surface area contributed by atoms with Crippen LogP contribution >= 0.6 is 0 Å². The van der Waals surface area contributed by atoms with Gasteiger partial charge in [-0.3, -0.25) is 4.79 Å². The lowest BCUT2D eigenvalue weighted by Crippen LogP contribution is -2.35. The van der Waals surface area contributed by atoms with E-state index < -0.39 is 5.41 Å². The summed E-state index contributed by atoms with van der Waals surface area (Å²) in [6.45, 7) is 3.60. The molecule has 0 bridgehead atoms. The number of amides is 1. The van der Waals surface area contributed by atoms with Crippen LogP contribution in [0.15, 0.2) is 24.3 Å². The summed E-state index contributed by atoms with van der Waals surface area (Å²) >= 11 is 0. The first-order valence-electron chi connectivity index (χ1n) is 5.32. The van der Waals surface area contributed by atoms with Gasteiger partial charge in [0, 0.05) is 6.54 Å². The van der Waals surface area contributed by atoms with Crippen LogP contribution in [-0.4, -0.2) is 13.0 Å². The molecule has 0 spiro atoms. The van der Waals surface area contributed by atoms with Crippen LogP contribution in [0.3, 0.4) is 0 Å². The van der Waals surface area contributed by atoms with Gasteiger partial charge in [-0.25, -0.2) is 0 Å². The maximum Gasteiger partial charge on any atom is 0.240 e. The van der Waals surface area contributed by atoms with E-state index in [-0.39, 0.29) is 5.91 Å². The normalized spacial score (nSPS) is 10.5. The van der Waals surface area contributed by atoms with Crippen LogP contribution in [0.2, 0.25) is 0 Å². The van der Waals surface area contributed by atoms with Crippen molar-refractivity contribution in [1.29, 1.82) is 5.26 Å². The summed E-state index contributed by atoms with van der Waals surface area (Å²) in [4.78, 5) is 11.6. The maximum atomic E-state index is 11.6. The lowest BCUT2D eigenvalue weighted by molar-refractivity contribution is -0.126. The van der Waals surface area contributed by atoms with Crippen molar-refractivity contribution in [3.05, 3.63) is 29.8 Å². The van der Waals surface area contributed by atoms with Gasteiger partial charge < -0.3 is 10.1 Å². The smallest absolute Gasteiger partial charge is 0.240 e. The van der Waals surface area contributed by atoms with Crippen molar-refractivity contribution < 1.29 is 9.53 Å². The largest absolute Gasteiger partial charge is 0.497 e. The summed E-state index contributed by atoms with van der Waals surface area (Å²) in [5, 5.41) is 11.5. The fourth-order valence-corrected chi connectivity index (χ4v) is 1.20. The molecular formula is C13H16N2O2. The third-order valence-corrected chi connectivity index (χ3v) is 2.46. The lowest BCUT2D eigenvalue weighted by Gasteiger charge is -2.15. The predicted octanol–water partition coefficient (Wildman–Crippen LogP) is 1.86. The molecule has 1 amide bonds. The Kier molecular flexibility index (Phi) is 4.11. The Hall–Kier alpha value is -2.02. The molecule has 1 N–H and O–H groups in total. The first-order chi connectivity index (χ1) is 7.99. The third kappa shape index (κ3) is 3.49. The highest BCUT2D eigenvalue weighted by atomic mass is 16.5. The van der Waals surface area contributed by atoms with Crippen LogP contribution in [0, 0.1) is 16.7 Å². The Bertz CT molecular complexity index is 430. The van der Waals surface area contributed by atoms with Crippen LogP contribution in [0.25, 0.3) is 0 Å². The molecule has 0 unspecified atom stereocenters. The molecule has 4 nitrogen and oxygen atoms in total. The van der Waals surface area contributed by atoms with E-state index in [0.29, 0.717) is 6.54 Å². The van der Waals surface area contributed by atoms with Gasteiger partial charge in [0.25, 0.3) is 0 Å². The zero-order valence-corrected chi connectivity index (χ0v) is 10.3. The molecule has 1 aromatic carbocycles. The Labute approximate surface area is 101 Å². The molecule has 0 saturated heterocycles. The number of methoxy groups -OCH3 is 1. The maximum absolute atomic E-state index is 11.6. The Morgan fingerprint density at radius 1 is 1.41 bits per heavy atom. The number of nitrogens with one attached hydrogen (secondary N) is 1. The molecule has 0 fully saturated rings. The molecule has 1 rings (SSSR count). The zero-order valence-electron chi connectivity index (χ0n) is 10.3. The minimum atomic E-state index is -0.994. The Morgan fingerprint density at radius 2 is 2.00 bits per heavy atom. The SMILES string of the molecule is COc1ccc(CNC(=O)C(C)(C)C#N)cc1. The van der Waals surface area contributed by atoms with Gasteiger partial charge in [-0.05, 0) is 31.5 Å². The third-order valence-electron chi connectivity index (χ3n) is 2.46. The first kappa shape index (κ1) is 13.0. The monoisotopic (exact) mass is 232 g/mol. The van der Waals surface area contributed by atoms with Gasteiger partial charge in [-0.2, -0.15) is 5.26 Å². The summed E-state index contributed by atoms with van der Waals surface area (Å²) in [6, 6.07) is 9.37. The molecule has 90 valence electrons. The molecule has 0 aliphatic carbocycles. The second kappa shape index (κ2) is 5.35. The van der Waals surface area contributed by atoms with Gasteiger partial charge in [-0.1, -0.05) is 12.1 Å². The Balaban J connectivity index is 2.57. The molecule has 0 aliphatic rings. The van der Waals surface area contributed by atoms with Gasteiger partial charge in [-0.15, -0.1) is 0 Å². The fraction of sp³-hybridized carbons (Fsp3) is 0.385. The highest BCUT2D eigenvalue weighted by Gasteiger charge is 2.26. The van der Waals surface area contributed by atoms with Crippen LogP contribution < -0.4 is 10.1 Å². The minimum Gasteiger partial charge on any atom is -0.497 e. The van der Waals surface area contributed by atoms with Crippen LogP contribution in [0.4, 0.5) is 0 Å². The van der Waals surface area contributed by atoms with Crippen molar-refractivity contribution in [3.63, 3.8) is 0 Å². The van der Waals surface area contributed by atoms with E-state index >= 15 is 0 Å². The summed E-state index contributed by atoms with van der Waals surface area (Å²) in [5.41, 5.74) is -0.0279. The Morgan fingerprint density at radius 3 is 2.47 bits per heavy atom. The summed E-state index contributed by atoms with van der Waals surface area (Å²) in [5.74, 6) is 0.508. The quantitative estimate of drug-likeness (QED) is 0.861. The van der Waals surface area contributed by atoms with E-state index in [1.54, 1.807) is 21.0 Å². The molecule has 0 atom stereocenters. The number of hydrogen-bond donors (Lipinski definition) is 1. The average Bonchev–Trinajstić information content (AvgIpc) is 2.36. The van der Waals surface area contributed by atoms with Crippen LogP contribution in [0.5, 0.6) is 5.75 Å². The van der Waals surface area contributed by atoms with Crippen LogP contribution in [-0.2, 0) is 11.3 Å². The van der Waals surface area contributed by atoms with E-state index in [9.17, 15) is 4.79 Å². The second-order valence-electron chi connectivity index (χ2n) is 4.27. The van der Waals surface area contributed by atoms with E-state index in [4.69, 9.17) is 10.00 Å². The molecule has 4 heteroatoms. The van der Waals surface area contributed by atoms with Crippen molar-refractivity contribution in [2.75, 3.05) is 7.11 Å². The molecule has 0 heterocycles. The van der Waals surface area contributed by atoms with Crippen molar-refractivity contribution in [1.82, 2.24) is 5.32 Å². The number of ether oxygens (including phenoxy) is 1. The molecule has 17 heavy (non-hydrogen) atoms. The van der Waals surface area contributed by atoms with Gasteiger partial charge >= 0.3 is 0 Å². The number of nitriles is 1. The van der Waals surface area contributed by atoms with Crippen molar-refractivity contribution in [2.24, 2.45) is 5.41 Å². The van der Waals surface area contributed by atoms with E-state index in [1.165, 1.54) is 0 Å². The summed E-state index contributed by atoms with van der Waals surface area (Å²) < 4.78 is 5.04. The second-order valence-corrected chi connectivity index (χ2v) is 4.27. The van der Waals surface area contributed by atoms with Crippen molar-refractivity contribution in [3.8, 4) is 11.8 Å². The fourth-order valence-electron chi connectivity index (χ4n) is 1.20. The average molecular weight is 232 g/mol. The minimum absolute atomic E-state index is 0.268. The van der Waals surface area contributed by atoms with E-state index in [2.05, 4.69) is 5.32 Å². The topological polar surface area (TPSA) is 62.1 Å². The van der Waals surface area contributed by atoms with E-state index in [0.717, 1.165) is 11.3 Å². The van der Waals surface area contributed by atoms with Crippen molar-refractivity contribution in [2.45, 2.75) is 20.4 Å².